The van der Waals surface area contributed by atoms with Crippen molar-refractivity contribution in [2.24, 2.45) is 0 Å². The molecule has 0 saturated heterocycles. The summed E-state index contributed by atoms with van der Waals surface area (Å²) in [6.07, 6.45) is 0. The van der Waals surface area contributed by atoms with Crippen LogP contribution in [0.3, 0.4) is 0 Å². The van der Waals surface area contributed by atoms with Gasteiger partial charge in [0.05, 0.1) is 22.7 Å². The number of halogens is 2. The monoisotopic (exact) mass is 292 g/mol. The van der Waals surface area contributed by atoms with Crippen molar-refractivity contribution >= 4 is 28.9 Å². The number of nitrogens with zero attached hydrogens (tertiary/aromatic N) is 1. The van der Waals surface area contributed by atoms with Gasteiger partial charge in [0.2, 0.25) is 0 Å². The Labute approximate surface area is 121 Å². The smallest absolute Gasteiger partial charge is 0.0963 e. The average Bonchev–Trinajstić information content (AvgIpc) is 2.42. The highest BCUT2D eigenvalue weighted by Gasteiger charge is 2.14. The van der Waals surface area contributed by atoms with E-state index < -0.39 is 5.92 Å². The van der Waals surface area contributed by atoms with Crippen molar-refractivity contribution in [3.05, 3.63) is 63.6 Å². The first kappa shape index (κ1) is 13.7. The summed E-state index contributed by atoms with van der Waals surface area (Å²) in [6, 6.07) is 14.4. The van der Waals surface area contributed by atoms with Crippen LogP contribution in [0.25, 0.3) is 0 Å². The maximum Gasteiger partial charge on any atom is 0.0963 e. The van der Waals surface area contributed by atoms with E-state index in [2.05, 4.69) is 6.07 Å². The van der Waals surface area contributed by atoms with E-state index in [4.69, 9.17) is 28.4 Å². The molecule has 5 heteroatoms. The van der Waals surface area contributed by atoms with Crippen LogP contribution in [0.5, 0.6) is 0 Å². The second-order valence-corrected chi connectivity index (χ2v) is 4.81. The first-order chi connectivity index (χ1) is 9.15. The summed E-state index contributed by atoms with van der Waals surface area (Å²) in [4.78, 5) is 0. The van der Waals surface area contributed by atoms with Crippen molar-refractivity contribution in [2.45, 2.75) is 5.92 Å². The molecular weight excluding hydrogens is 283 g/mol. The second kappa shape index (κ2) is 5.94. The van der Waals surface area contributed by atoms with Crippen molar-refractivity contribution in [1.82, 2.24) is 0 Å². The maximum absolute atomic E-state index is 9.33. The quantitative estimate of drug-likeness (QED) is 0.822. The normalized spacial score (nSPS) is 11.7. The molecule has 96 valence electrons. The van der Waals surface area contributed by atoms with Crippen LogP contribution in [0.1, 0.15) is 17.0 Å². The van der Waals surface area contributed by atoms with Crippen LogP contribution < -0.4 is 5.48 Å². The zero-order valence-corrected chi connectivity index (χ0v) is 11.3. The summed E-state index contributed by atoms with van der Waals surface area (Å²) >= 11 is 11.8. The summed E-state index contributed by atoms with van der Waals surface area (Å²) in [5, 5.41) is 19.1. The standard InChI is InChI=1S/C14H10Cl2N2O/c15-11-4-1-9(2-5-11)12(8-17)10-3-6-14(18-19)13(16)7-10/h1-7,12,18-19H. The van der Waals surface area contributed by atoms with Gasteiger partial charge in [-0.2, -0.15) is 5.26 Å². The molecule has 0 spiro atoms. The molecular formula is C14H10Cl2N2O. The molecule has 0 aliphatic heterocycles. The van der Waals surface area contributed by atoms with Crippen molar-refractivity contribution in [3.63, 3.8) is 0 Å². The topological polar surface area (TPSA) is 56.0 Å². The zero-order chi connectivity index (χ0) is 13.8. The zero-order valence-electron chi connectivity index (χ0n) is 9.77. The number of rotatable bonds is 3. The highest BCUT2D eigenvalue weighted by atomic mass is 35.5. The van der Waals surface area contributed by atoms with E-state index in [-0.39, 0.29) is 0 Å². The molecule has 0 aliphatic carbocycles. The number of benzene rings is 2. The van der Waals surface area contributed by atoms with Crippen LogP contribution in [0.2, 0.25) is 10.0 Å². The number of hydrogen-bond acceptors (Lipinski definition) is 3. The molecule has 3 nitrogen and oxygen atoms in total. The molecule has 2 N–H and O–H groups in total. The molecule has 0 heterocycles. The van der Waals surface area contributed by atoms with E-state index >= 15 is 0 Å². The molecule has 0 bridgehead atoms. The third kappa shape index (κ3) is 2.99. The van der Waals surface area contributed by atoms with Crippen LogP contribution in [-0.2, 0) is 0 Å². The molecule has 0 amide bonds. The van der Waals surface area contributed by atoms with E-state index in [0.29, 0.717) is 15.7 Å². The molecule has 1 atom stereocenters. The summed E-state index contributed by atoms with van der Waals surface area (Å²) in [6.45, 7) is 0. The molecule has 2 aromatic rings. The molecule has 2 rings (SSSR count). The van der Waals surface area contributed by atoms with Crippen molar-refractivity contribution in [2.75, 3.05) is 5.48 Å². The molecule has 1 unspecified atom stereocenters. The predicted octanol–water partition coefficient (Wildman–Crippen LogP) is 4.45. The van der Waals surface area contributed by atoms with Crippen molar-refractivity contribution in [3.8, 4) is 6.07 Å². The Kier molecular flexibility index (Phi) is 4.28. The van der Waals surface area contributed by atoms with Gasteiger partial charge in [-0.1, -0.05) is 41.4 Å². The van der Waals surface area contributed by atoms with Crippen LogP contribution in [-0.4, -0.2) is 5.21 Å². The summed E-state index contributed by atoms with van der Waals surface area (Å²) in [5.41, 5.74) is 3.99. The Morgan fingerprint density at radius 2 is 1.68 bits per heavy atom. The Bertz CT molecular complexity index is 620. The Morgan fingerprint density at radius 1 is 1.05 bits per heavy atom. The van der Waals surface area contributed by atoms with E-state index in [9.17, 15) is 5.26 Å². The largest absolute Gasteiger partial charge is 0.291 e. The lowest BCUT2D eigenvalue weighted by atomic mass is 9.92. The number of hydrogen-bond donors (Lipinski definition) is 2. The van der Waals surface area contributed by atoms with Crippen molar-refractivity contribution < 1.29 is 5.21 Å². The molecule has 0 fully saturated rings. The highest BCUT2D eigenvalue weighted by Crippen LogP contribution is 2.30. The van der Waals surface area contributed by atoms with Gasteiger partial charge in [0.25, 0.3) is 0 Å². The fraction of sp³-hybridized carbons (Fsp3) is 0.0714. The first-order valence-corrected chi connectivity index (χ1v) is 6.26. The third-order valence-corrected chi connectivity index (χ3v) is 3.34. The van der Waals surface area contributed by atoms with Crippen LogP contribution in [0.15, 0.2) is 42.5 Å². The van der Waals surface area contributed by atoms with Gasteiger partial charge in [0, 0.05) is 5.02 Å². The fourth-order valence-electron chi connectivity index (χ4n) is 1.80. The summed E-state index contributed by atoms with van der Waals surface area (Å²) in [7, 11) is 0. The Morgan fingerprint density at radius 3 is 2.21 bits per heavy atom. The van der Waals surface area contributed by atoms with Crippen LogP contribution in [0.4, 0.5) is 5.69 Å². The third-order valence-electron chi connectivity index (χ3n) is 2.78. The fourth-order valence-corrected chi connectivity index (χ4v) is 2.16. The van der Waals surface area contributed by atoms with E-state index in [0.717, 1.165) is 11.1 Å². The summed E-state index contributed by atoms with van der Waals surface area (Å²) < 4.78 is 0. The van der Waals surface area contributed by atoms with Gasteiger partial charge in [-0.15, -0.1) is 0 Å². The molecule has 0 radical (unpaired) electrons. The number of anilines is 1. The molecule has 0 aliphatic rings. The second-order valence-electron chi connectivity index (χ2n) is 3.96. The minimum Gasteiger partial charge on any atom is -0.291 e. The number of nitrogens with one attached hydrogen (secondary N) is 1. The maximum atomic E-state index is 9.33. The molecule has 2 aromatic carbocycles. The molecule has 0 aromatic heterocycles. The van der Waals surface area contributed by atoms with Gasteiger partial charge in [-0.05, 0) is 35.4 Å². The lowest BCUT2D eigenvalue weighted by Gasteiger charge is -2.12. The summed E-state index contributed by atoms with van der Waals surface area (Å²) in [5.74, 6) is -0.428. The minimum atomic E-state index is -0.428. The molecule has 19 heavy (non-hydrogen) atoms. The Hall–Kier alpha value is -1.73. The minimum absolute atomic E-state index is 0.356. The van der Waals surface area contributed by atoms with Gasteiger partial charge >= 0.3 is 0 Å². The number of nitriles is 1. The van der Waals surface area contributed by atoms with Gasteiger partial charge in [0.15, 0.2) is 0 Å². The lowest BCUT2D eigenvalue weighted by molar-refractivity contribution is 0.389. The van der Waals surface area contributed by atoms with Gasteiger partial charge < -0.3 is 0 Å². The van der Waals surface area contributed by atoms with E-state index in [1.807, 2.05) is 17.6 Å². The van der Waals surface area contributed by atoms with Crippen LogP contribution >= 0.6 is 23.2 Å². The van der Waals surface area contributed by atoms with Gasteiger partial charge in [-0.3, -0.25) is 10.7 Å². The van der Waals surface area contributed by atoms with Gasteiger partial charge in [0.1, 0.15) is 0 Å². The van der Waals surface area contributed by atoms with E-state index in [1.54, 1.807) is 30.3 Å². The highest BCUT2D eigenvalue weighted by molar-refractivity contribution is 6.33. The van der Waals surface area contributed by atoms with Crippen LogP contribution in [0, 0.1) is 11.3 Å². The first-order valence-electron chi connectivity index (χ1n) is 5.50. The van der Waals surface area contributed by atoms with E-state index in [1.165, 1.54) is 0 Å². The SMILES string of the molecule is N#CC(c1ccc(Cl)cc1)c1ccc(NO)c(Cl)c1. The van der Waals surface area contributed by atoms with Gasteiger partial charge in [-0.25, -0.2) is 0 Å². The lowest BCUT2D eigenvalue weighted by Crippen LogP contribution is -1.99. The van der Waals surface area contributed by atoms with Crippen molar-refractivity contribution in [1.29, 1.82) is 5.26 Å². The average molecular weight is 293 g/mol. The Balaban J connectivity index is 2.40. The predicted molar refractivity (Wildman–Crippen MR) is 75.8 cm³/mol. The molecule has 0 saturated carbocycles.